The Morgan fingerprint density at radius 3 is 1.79 bits per heavy atom. The third-order valence-corrected chi connectivity index (χ3v) is 5.71. The highest BCUT2D eigenvalue weighted by Crippen LogP contribution is 2.37. The van der Waals surface area contributed by atoms with E-state index in [1.807, 2.05) is 24.3 Å². The van der Waals surface area contributed by atoms with Gasteiger partial charge < -0.3 is 0 Å². The van der Waals surface area contributed by atoms with Crippen LogP contribution in [0, 0.1) is 5.92 Å². The van der Waals surface area contributed by atoms with Crippen molar-refractivity contribution in [2.24, 2.45) is 5.92 Å². The highest BCUT2D eigenvalue weighted by molar-refractivity contribution is 5.83. The molecule has 0 heterocycles. The molecule has 0 saturated heterocycles. The lowest BCUT2D eigenvalue weighted by molar-refractivity contribution is 0.351. The van der Waals surface area contributed by atoms with Gasteiger partial charge in [-0.15, -0.1) is 0 Å². The van der Waals surface area contributed by atoms with Gasteiger partial charge in [0, 0.05) is 11.1 Å². The smallest absolute Gasteiger partial charge is 0.203 e. The second-order valence-corrected chi connectivity index (χ2v) is 7.76. The minimum Gasteiger partial charge on any atom is -0.203 e. The summed E-state index contributed by atoms with van der Waals surface area (Å²) in [4.78, 5) is 0. The monoisotopic (exact) mass is 402 g/mol. The number of halogens is 4. The van der Waals surface area contributed by atoms with Gasteiger partial charge >= 0.3 is 0 Å². The van der Waals surface area contributed by atoms with E-state index in [0.29, 0.717) is 0 Å². The molecule has 0 amide bonds. The lowest BCUT2D eigenvalue weighted by atomic mass is 9.78. The molecule has 2 aromatic carbocycles. The number of aryl methyl sites for hydroxylation is 1. The summed E-state index contributed by atoms with van der Waals surface area (Å²) in [6.45, 7) is 2.07. The molecular weight excluding hydrogens is 376 g/mol. The number of benzene rings is 2. The minimum absolute atomic E-state index is 0.0614. The second kappa shape index (κ2) is 9.91. The van der Waals surface area contributed by atoms with E-state index < -0.39 is 17.7 Å². The highest BCUT2D eigenvalue weighted by atomic mass is 19.3. The number of hydrogen-bond donors (Lipinski definition) is 0. The SMILES string of the molecule is CCCc1ccc(/C(F)=C(/F)c2ccc(C3CCC(C=C(F)F)CC3)cc2)cc1. The molecule has 1 aliphatic carbocycles. The summed E-state index contributed by atoms with van der Waals surface area (Å²) in [5.74, 6) is -1.51. The van der Waals surface area contributed by atoms with E-state index in [1.165, 1.54) is 0 Å². The molecule has 4 heteroatoms. The molecule has 154 valence electrons. The molecule has 0 bridgehead atoms. The van der Waals surface area contributed by atoms with Crippen LogP contribution in [0.15, 0.2) is 60.7 Å². The van der Waals surface area contributed by atoms with E-state index in [-0.39, 0.29) is 23.0 Å². The molecule has 0 radical (unpaired) electrons. The van der Waals surface area contributed by atoms with Crippen LogP contribution in [0.25, 0.3) is 11.7 Å². The topological polar surface area (TPSA) is 0 Å². The molecule has 3 rings (SSSR count). The third kappa shape index (κ3) is 5.59. The van der Waals surface area contributed by atoms with Crippen LogP contribution in [0.4, 0.5) is 17.6 Å². The molecule has 0 aliphatic heterocycles. The molecule has 0 atom stereocenters. The predicted molar refractivity (Wildman–Crippen MR) is 111 cm³/mol. The Morgan fingerprint density at radius 1 is 0.793 bits per heavy atom. The van der Waals surface area contributed by atoms with Crippen molar-refractivity contribution in [2.75, 3.05) is 0 Å². The van der Waals surface area contributed by atoms with Gasteiger partial charge in [-0.2, -0.15) is 8.78 Å². The number of hydrogen-bond acceptors (Lipinski definition) is 0. The van der Waals surface area contributed by atoms with E-state index >= 15 is 0 Å². The number of allylic oxidation sites excluding steroid dienone is 1. The molecule has 1 aliphatic rings. The zero-order valence-corrected chi connectivity index (χ0v) is 16.6. The average Bonchev–Trinajstić information content (AvgIpc) is 2.74. The van der Waals surface area contributed by atoms with Gasteiger partial charge in [-0.1, -0.05) is 61.9 Å². The maximum atomic E-state index is 14.6. The van der Waals surface area contributed by atoms with Crippen LogP contribution in [0.5, 0.6) is 0 Å². The molecule has 0 aromatic heterocycles. The summed E-state index contributed by atoms with van der Waals surface area (Å²) in [5, 5.41) is 0. The van der Waals surface area contributed by atoms with E-state index in [0.717, 1.165) is 55.7 Å². The van der Waals surface area contributed by atoms with Crippen molar-refractivity contribution in [3.63, 3.8) is 0 Å². The van der Waals surface area contributed by atoms with Crippen LogP contribution < -0.4 is 0 Å². The fraction of sp³-hybridized carbons (Fsp3) is 0.360. The van der Waals surface area contributed by atoms with Crippen molar-refractivity contribution >= 4 is 11.7 Å². The molecule has 0 N–H and O–H groups in total. The Morgan fingerprint density at radius 2 is 1.31 bits per heavy atom. The van der Waals surface area contributed by atoms with Gasteiger partial charge in [0.25, 0.3) is 6.08 Å². The van der Waals surface area contributed by atoms with Gasteiger partial charge in [-0.3, -0.25) is 0 Å². The van der Waals surface area contributed by atoms with Crippen molar-refractivity contribution in [3.05, 3.63) is 82.9 Å². The first kappa shape index (κ1) is 21.4. The summed E-state index contributed by atoms with van der Waals surface area (Å²) in [6, 6.07) is 13.7. The number of rotatable bonds is 6. The maximum absolute atomic E-state index is 14.6. The third-order valence-electron chi connectivity index (χ3n) is 5.71. The van der Waals surface area contributed by atoms with E-state index in [1.54, 1.807) is 24.3 Å². The Bertz CT molecular complexity index is 851. The van der Waals surface area contributed by atoms with E-state index in [4.69, 9.17) is 0 Å². The molecular formula is C25H26F4. The lowest BCUT2D eigenvalue weighted by Gasteiger charge is -2.26. The summed E-state index contributed by atoms with van der Waals surface area (Å²) in [7, 11) is 0. The zero-order valence-electron chi connectivity index (χ0n) is 16.6. The van der Waals surface area contributed by atoms with Gasteiger partial charge in [0.1, 0.15) is 0 Å². The first-order valence-electron chi connectivity index (χ1n) is 10.3. The van der Waals surface area contributed by atoms with Crippen molar-refractivity contribution in [1.82, 2.24) is 0 Å². The maximum Gasteiger partial charge on any atom is 0.266 e. The largest absolute Gasteiger partial charge is 0.266 e. The van der Waals surface area contributed by atoms with Gasteiger partial charge in [0.2, 0.25) is 0 Å². The Labute approximate surface area is 170 Å². The zero-order chi connectivity index (χ0) is 20.8. The Balaban J connectivity index is 1.69. The van der Waals surface area contributed by atoms with Crippen molar-refractivity contribution in [2.45, 2.75) is 51.4 Å². The summed E-state index contributed by atoms with van der Waals surface area (Å²) >= 11 is 0. The van der Waals surface area contributed by atoms with Gasteiger partial charge in [-0.25, -0.2) is 8.78 Å². The van der Waals surface area contributed by atoms with Crippen molar-refractivity contribution < 1.29 is 17.6 Å². The Hall–Kier alpha value is -2.36. The second-order valence-electron chi connectivity index (χ2n) is 7.76. The molecule has 1 saturated carbocycles. The lowest BCUT2D eigenvalue weighted by Crippen LogP contribution is -2.11. The van der Waals surface area contributed by atoms with Gasteiger partial charge in [-0.05, 0) is 61.1 Å². The fourth-order valence-corrected chi connectivity index (χ4v) is 4.06. The normalized spacial score (nSPS) is 20.2. The molecule has 0 unspecified atom stereocenters. The highest BCUT2D eigenvalue weighted by Gasteiger charge is 2.22. The minimum atomic E-state index is -1.61. The Kier molecular flexibility index (Phi) is 7.29. The summed E-state index contributed by atoms with van der Waals surface area (Å²) < 4.78 is 54.0. The van der Waals surface area contributed by atoms with Crippen molar-refractivity contribution in [3.8, 4) is 0 Å². The summed E-state index contributed by atoms with van der Waals surface area (Å²) in [5.41, 5.74) is 2.60. The molecule has 0 nitrogen and oxygen atoms in total. The molecule has 2 aromatic rings. The van der Waals surface area contributed by atoms with Crippen LogP contribution in [-0.4, -0.2) is 0 Å². The van der Waals surface area contributed by atoms with Crippen LogP contribution in [0.1, 0.15) is 67.2 Å². The quantitative estimate of drug-likeness (QED) is 0.336. The molecule has 0 spiro atoms. The van der Waals surface area contributed by atoms with Crippen LogP contribution in [-0.2, 0) is 6.42 Å². The predicted octanol–water partition coefficient (Wildman–Crippen LogP) is 8.46. The first-order valence-corrected chi connectivity index (χ1v) is 10.3. The fourth-order valence-electron chi connectivity index (χ4n) is 4.06. The van der Waals surface area contributed by atoms with Crippen LogP contribution >= 0.6 is 0 Å². The molecule has 29 heavy (non-hydrogen) atoms. The average molecular weight is 402 g/mol. The van der Waals surface area contributed by atoms with Crippen LogP contribution in [0.3, 0.4) is 0 Å². The molecule has 1 fully saturated rings. The van der Waals surface area contributed by atoms with E-state index in [2.05, 4.69) is 6.92 Å². The van der Waals surface area contributed by atoms with Gasteiger partial charge in [0.05, 0.1) is 0 Å². The van der Waals surface area contributed by atoms with Crippen molar-refractivity contribution in [1.29, 1.82) is 0 Å². The standard InChI is InChI=1S/C25H26F4/c1-2-3-17-4-10-21(11-5-17)24(28)25(29)22-14-12-20(13-15-22)19-8-6-18(7-9-19)16-23(26)27/h4-5,10-16,18-19H,2-3,6-9H2,1H3/b25-24-. The summed E-state index contributed by atoms with van der Waals surface area (Å²) in [6.07, 6.45) is 4.45. The van der Waals surface area contributed by atoms with Crippen LogP contribution in [0.2, 0.25) is 0 Å². The first-order chi connectivity index (χ1) is 14.0. The van der Waals surface area contributed by atoms with E-state index in [9.17, 15) is 17.6 Å². The van der Waals surface area contributed by atoms with Gasteiger partial charge in [0.15, 0.2) is 11.7 Å².